The van der Waals surface area contributed by atoms with Crippen molar-refractivity contribution < 1.29 is 9.53 Å². The summed E-state index contributed by atoms with van der Waals surface area (Å²) in [7, 11) is 1.37. The molecule has 0 aliphatic carbocycles. The Balaban J connectivity index is 2.04. The lowest BCUT2D eigenvalue weighted by Crippen LogP contribution is -2.00. The molecule has 0 aliphatic rings. The van der Waals surface area contributed by atoms with Crippen LogP contribution >= 0.6 is 23.4 Å². The molecule has 0 bridgehead atoms. The predicted molar refractivity (Wildman–Crippen MR) is 83.2 cm³/mol. The quantitative estimate of drug-likeness (QED) is 0.527. The lowest BCUT2D eigenvalue weighted by molar-refractivity contribution is 0.0600. The molecule has 104 valence electrons. The molecule has 0 aromatic heterocycles. The van der Waals surface area contributed by atoms with Crippen LogP contribution in [0.5, 0.6) is 0 Å². The number of hydrogen-bond donors (Lipinski definition) is 1. The Bertz CT molecular complexity index is 614. The van der Waals surface area contributed by atoms with E-state index in [1.54, 1.807) is 36.0 Å². The maximum Gasteiger partial charge on any atom is 0.337 e. The van der Waals surface area contributed by atoms with Crippen LogP contribution < -0.4 is 5.73 Å². The highest BCUT2D eigenvalue weighted by molar-refractivity contribution is 7.98. The topological polar surface area (TPSA) is 52.3 Å². The highest BCUT2D eigenvalue weighted by atomic mass is 35.5. The summed E-state index contributed by atoms with van der Waals surface area (Å²) in [4.78, 5) is 12.3. The molecule has 0 amide bonds. The lowest BCUT2D eigenvalue weighted by Gasteiger charge is -2.06. The number of hydrogen-bond acceptors (Lipinski definition) is 4. The van der Waals surface area contributed by atoms with E-state index >= 15 is 0 Å². The van der Waals surface area contributed by atoms with Crippen LogP contribution in [0.4, 0.5) is 5.69 Å². The Morgan fingerprint density at radius 2 is 1.95 bits per heavy atom. The Hall–Kier alpha value is -1.65. The zero-order valence-corrected chi connectivity index (χ0v) is 12.5. The number of nitrogens with two attached hydrogens (primary N) is 1. The lowest BCUT2D eigenvalue weighted by atomic mass is 10.1. The van der Waals surface area contributed by atoms with Gasteiger partial charge in [0.25, 0.3) is 0 Å². The van der Waals surface area contributed by atoms with Crippen LogP contribution in [0, 0.1) is 0 Å². The number of methoxy groups -OCH3 is 1. The summed E-state index contributed by atoms with van der Waals surface area (Å²) < 4.78 is 4.66. The van der Waals surface area contributed by atoms with E-state index in [1.165, 1.54) is 7.11 Å². The molecule has 2 rings (SSSR count). The van der Waals surface area contributed by atoms with Gasteiger partial charge in [-0.15, -0.1) is 11.8 Å². The highest BCUT2D eigenvalue weighted by Crippen LogP contribution is 2.30. The van der Waals surface area contributed by atoms with Gasteiger partial charge in [-0.3, -0.25) is 0 Å². The van der Waals surface area contributed by atoms with E-state index in [9.17, 15) is 4.79 Å². The van der Waals surface area contributed by atoms with E-state index < -0.39 is 0 Å². The SMILES string of the molecule is COC(=O)c1ccc(CSc2cc(Cl)ccc2N)cc1. The first-order valence-corrected chi connectivity index (χ1v) is 7.31. The van der Waals surface area contributed by atoms with Gasteiger partial charge < -0.3 is 10.5 Å². The maximum atomic E-state index is 11.3. The standard InChI is InChI=1S/C15H14ClNO2S/c1-19-15(18)11-4-2-10(3-5-11)9-20-14-8-12(16)6-7-13(14)17/h2-8H,9,17H2,1H3. The van der Waals surface area contributed by atoms with Crippen molar-refractivity contribution >= 4 is 35.0 Å². The summed E-state index contributed by atoms with van der Waals surface area (Å²) in [5, 5.41) is 0.669. The van der Waals surface area contributed by atoms with Crippen LogP contribution in [-0.2, 0) is 10.5 Å². The van der Waals surface area contributed by atoms with E-state index in [2.05, 4.69) is 4.74 Å². The molecule has 2 aromatic rings. The van der Waals surface area contributed by atoms with Gasteiger partial charge in [0.15, 0.2) is 0 Å². The molecule has 0 unspecified atom stereocenters. The largest absolute Gasteiger partial charge is 0.465 e. The summed E-state index contributed by atoms with van der Waals surface area (Å²) in [6, 6.07) is 12.7. The zero-order valence-electron chi connectivity index (χ0n) is 10.9. The van der Waals surface area contributed by atoms with E-state index in [4.69, 9.17) is 17.3 Å². The Morgan fingerprint density at radius 1 is 1.25 bits per heavy atom. The van der Waals surface area contributed by atoms with Crippen LogP contribution in [-0.4, -0.2) is 13.1 Å². The molecule has 20 heavy (non-hydrogen) atoms. The molecule has 0 aliphatic heterocycles. The zero-order chi connectivity index (χ0) is 14.5. The molecular formula is C15H14ClNO2S. The number of thioether (sulfide) groups is 1. The van der Waals surface area contributed by atoms with Gasteiger partial charge in [-0.05, 0) is 35.9 Å². The Kier molecular flexibility index (Phi) is 4.93. The number of ether oxygens (including phenoxy) is 1. The van der Waals surface area contributed by atoms with Gasteiger partial charge in [-0.2, -0.15) is 0 Å². The molecule has 0 heterocycles. The molecule has 5 heteroatoms. The van der Waals surface area contributed by atoms with Crippen molar-refractivity contribution in [2.75, 3.05) is 12.8 Å². The normalized spacial score (nSPS) is 10.3. The minimum atomic E-state index is -0.330. The number of benzene rings is 2. The molecule has 0 saturated carbocycles. The van der Waals surface area contributed by atoms with E-state index in [0.717, 1.165) is 16.2 Å². The molecule has 0 saturated heterocycles. The minimum absolute atomic E-state index is 0.330. The Morgan fingerprint density at radius 3 is 2.60 bits per heavy atom. The highest BCUT2D eigenvalue weighted by Gasteiger charge is 2.05. The molecule has 0 fully saturated rings. The van der Waals surface area contributed by atoms with Crippen molar-refractivity contribution in [2.45, 2.75) is 10.6 Å². The number of rotatable bonds is 4. The van der Waals surface area contributed by atoms with E-state index in [-0.39, 0.29) is 5.97 Å². The fourth-order valence-electron chi connectivity index (χ4n) is 1.65. The summed E-state index contributed by atoms with van der Waals surface area (Å²) in [5.74, 6) is 0.426. The number of carbonyl (C=O) groups excluding carboxylic acids is 1. The summed E-state index contributed by atoms with van der Waals surface area (Å²) in [6.07, 6.45) is 0. The average molecular weight is 308 g/mol. The first kappa shape index (κ1) is 14.8. The van der Waals surface area contributed by atoms with Gasteiger partial charge >= 0.3 is 5.97 Å². The van der Waals surface area contributed by atoms with Crippen molar-refractivity contribution in [3.63, 3.8) is 0 Å². The van der Waals surface area contributed by atoms with Crippen LogP contribution in [0.1, 0.15) is 15.9 Å². The average Bonchev–Trinajstić information content (AvgIpc) is 2.48. The fraction of sp³-hybridized carbons (Fsp3) is 0.133. The van der Waals surface area contributed by atoms with Crippen LogP contribution in [0.2, 0.25) is 5.02 Å². The monoisotopic (exact) mass is 307 g/mol. The first-order chi connectivity index (χ1) is 9.60. The second kappa shape index (κ2) is 6.68. The second-order valence-corrected chi connectivity index (χ2v) is 5.61. The number of nitrogen functional groups attached to an aromatic ring is 1. The predicted octanol–water partition coefficient (Wildman–Crippen LogP) is 4.00. The molecule has 0 radical (unpaired) electrons. The third-order valence-corrected chi connectivity index (χ3v) is 4.12. The van der Waals surface area contributed by atoms with Gasteiger partial charge in [-0.1, -0.05) is 23.7 Å². The van der Waals surface area contributed by atoms with Crippen molar-refractivity contribution in [1.82, 2.24) is 0 Å². The molecule has 3 nitrogen and oxygen atoms in total. The number of halogens is 1. The maximum absolute atomic E-state index is 11.3. The molecule has 2 aromatic carbocycles. The Labute approximate surface area is 127 Å². The summed E-state index contributed by atoms with van der Waals surface area (Å²) >= 11 is 7.56. The summed E-state index contributed by atoms with van der Waals surface area (Å²) in [6.45, 7) is 0. The van der Waals surface area contributed by atoms with Crippen molar-refractivity contribution in [3.8, 4) is 0 Å². The second-order valence-electron chi connectivity index (χ2n) is 4.16. The third kappa shape index (κ3) is 3.68. The fourth-order valence-corrected chi connectivity index (χ4v) is 2.85. The van der Waals surface area contributed by atoms with Crippen LogP contribution in [0.15, 0.2) is 47.4 Å². The van der Waals surface area contributed by atoms with Crippen molar-refractivity contribution in [2.24, 2.45) is 0 Å². The van der Waals surface area contributed by atoms with Gasteiger partial charge in [-0.25, -0.2) is 4.79 Å². The smallest absolute Gasteiger partial charge is 0.337 e. The number of carbonyl (C=O) groups is 1. The van der Waals surface area contributed by atoms with Crippen molar-refractivity contribution in [1.29, 1.82) is 0 Å². The van der Waals surface area contributed by atoms with Gasteiger partial charge in [0.2, 0.25) is 0 Å². The third-order valence-electron chi connectivity index (χ3n) is 2.74. The molecule has 0 atom stereocenters. The molecule has 0 spiro atoms. The van der Waals surface area contributed by atoms with Gasteiger partial charge in [0.05, 0.1) is 12.7 Å². The van der Waals surface area contributed by atoms with Crippen molar-refractivity contribution in [3.05, 3.63) is 58.6 Å². The van der Waals surface area contributed by atoms with Gasteiger partial charge in [0.1, 0.15) is 0 Å². The molecular weight excluding hydrogens is 294 g/mol. The van der Waals surface area contributed by atoms with Crippen LogP contribution in [0.3, 0.4) is 0 Å². The first-order valence-electron chi connectivity index (χ1n) is 5.95. The number of anilines is 1. The van der Waals surface area contributed by atoms with E-state index in [0.29, 0.717) is 16.3 Å². The summed E-state index contributed by atoms with van der Waals surface area (Å²) in [5.41, 5.74) is 8.25. The van der Waals surface area contributed by atoms with E-state index in [1.807, 2.05) is 18.2 Å². The van der Waals surface area contributed by atoms with Crippen LogP contribution in [0.25, 0.3) is 0 Å². The minimum Gasteiger partial charge on any atom is -0.465 e. The number of esters is 1. The molecule has 2 N–H and O–H groups in total. The van der Waals surface area contributed by atoms with Gasteiger partial charge in [0, 0.05) is 21.4 Å².